The molecule has 0 aliphatic heterocycles. The molecule has 0 saturated carbocycles. The molecule has 5 heteroatoms. The summed E-state index contributed by atoms with van der Waals surface area (Å²) in [5, 5.41) is 13.6. The minimum atomic E-state index is -0.491. The summed E-state index contributed by atoms with van der Waals surface area (Å²) in [4.78, 5) is 11.3. The maximum atomic E-state index is 11.3. The number of nitrogens with zero attached hydrogens (tertiary/aromatic N) is 1. The zero-order valence-corrected chi connectivity index (χ0v) is 10.4. The van der Waals surface area contributed by atoms with Crippen molar-refractivity contribution in [2.24, 2.45) is 0 Å². The van der Waals surface area contributed by atoms with Crippen LogP contribution in [0.4, 0.5) is 4.79 Å². The Kier molecular flexibility index (Phi) is 4.31. The molecule has 0 bridgehead atoms. The number of hydrogen-bond acceptors (Lipinski definition) is 3. The first-order valence-corrected chi connectivity index (χ1v) is 5.51. The quantitative estimate of drug-likeness (QED) is 0.639. The average Bonchev–Trinajstić information content (AvgIpc) is 2.14. The summed E-state index contributed by atoms with van der Waals surface area (Å²) >= 11 is 0. The topological polar surface area (TPSA) is 65.3 Å². The SMILES string of the molecule is CC(C)(C)OC(=O)NCCc1ccc[n+]([O-])c1. The fourth-order valence-electron chi connectivity index (χ4n) is 1.27. The second kappa shape index (κ2) is 5.52. The number of pyridine rings is 1. The van der Waals surface area contributed by atoms with Crippen LogP contribution in [0.3, 0.4) is 0 Å². The smallest absolute Gasteiger partial charge is 0.407 e. The van der Waals surface area contributed by atoms with Gasteiger partial charge in [-0.05, 0) is 33.3 Å². The van der Waals surface area contributed by atoms with Crippen molar-refractivity contribution in [2.75, 3.05) is 6.54 Å². The summed E-state index contributed by atoms with van der Waals surface area (Å²) in [6.45, 7) is 5.87. The Morgan fingerprint density at radius 3 is 2.82 bits per heavy atom. The van der Waals surface area contributed by atoms with Gasteiger partial charge in [-0.1, -0.05) is 0 Å². The minimum Gasteiger partial charge on any atom is -0.619 e. The summed E-state index contributed by atoms with van der Waals surface area (Å²) in [6, 6.07) is 3.51. The molecule has 94 valence electrons. The zero-order chi connectivity index (χ0) is 12.9. The normalized spacial score (nSPS) is 11.0. The van der Waals surface area contributed by atoms with E-state index in [4.69, 9.17) is 4.74 Å². The molecule has 0 fully saturated rings. The van der Waals surface area contributed by atoms with Gasteiger partial charge in [-0.15, -0.1) is 0 Å². The number of ether oxygens (including phenoxy) is 1. The number of nitrogens with one attached hydrogen (secondary N) is 1. The van der Waals surface area contributed by atoms with Crippen LogP contribution in [0.15, 0.2) is 24.5 Å². The van der Waals surface area contributed by atoms with E-state index in [0.717, 1.165) is 10.3 Å². The average molecular weight is 238 g/mol. The van der Waals surface area contributed by atoms with E-state index in [1.807, 2.05) is 26.8 Å². The third-order valence-corrected chi connectivity index (χ3v) is 1.92. The van der Waals surface area contributed by atoms with Gasteiger partial charge < -0.3 is 15.3 Å². The van der Waals surface area contributed by atoms with Crippen molar-refractivity contribution in [3.63, 3.8) is 0 Å². The Morgan fingerprint density at radius 2 is 2.24 bits per heavy atom. The van der Waals surface area contributed by atoms with E-state index in [2.05, 4.69) is 5.32 Å². The van der Waals surface area contributed by atoms with Crippen LogP contribution >= 0.6 is 0 Å². The molecule has 5 nitrogen and oxygen atoms in total. The number of carbonyl (C=O) groups excluding carboxylic acids is 1. The Bertz CT molecular complexity index is 386. The summed E-state index contributed by atoms with van der Waals surface area (Å²) in [5.74, 6) is 0. The Morgan fingerprint density at radius 1 is 1.53 bits per heavy atom. The van der Waals surface area contributed by atoms with Gasteiger partial charge in [-0.25, -0.2) is 4.79 Å². The second-order valence-electron chi connectivity index (χ2n) is 4.75. The molecule has 1 aromatic heterocycles. The summed E-state index contributed by atoms with van der Waals surface area (Å²) in [6.07, 6.45) is 3.06. The molecule has 0 unspecified atom stereocenters. The van der Waals surface area contributed by atoms with Crippen LogP contribution in [0.1, 0.15) is 26.3 Å². The van der Waals surface area contributed by atoms with E-state index in [1.54, 1.807) is 6.07 Å². The molecule has 1 amide bonds. The van der Waals surface area contributed by atoms with Crippen LogP contribution in [0.5, 0.6) is 0 Å². The molecular formula is C12H18N2O3. The molecule has 0 aromatic carbocycles. The molecular weight excluding hydrogens is 220 g/mol. The van der Waals surface area contributed by atoms with Crippen molar-refractivity contribution in [2.45, 2.75) is 32.8 Å². The fourth-order valence-corrected chi connectivity index (χ4v) is 1.27. The molecule has 0 aliphatic carbocycles. The number of rotatable bonds is 3. The zero-order valence-electron chi connectivity index (χ0n) is 10.4. The molecule has 0 saturated heterocycles. The third kappa shape index (κ3) is 5.75. The largest absolute Gasteiger partial charge is 0.619 e. The Labute approximate surface area is 101 Å². The van der Waals surface area contributed by atoms with Crippen molar-refractivity contribution in [1.29, 1.82) is 0 Å². The number of hydrogen-bond donors (Lipinski definition) is 1. The number of carbonyl (C=O) groups is 1. The van der Waals surface area contributed by atoms with E-state index in [1.165, 1.54) is 12.4 Å². The molecule has 0 atom stereocenters. The molecule has 0 aliphatic rings. The second-order valence-corrected chi connectivity index (χ2v) is 4.75. The monoisotopic (exact) mass is 238 g/mol. The van der Waals surface area contributed by atoms with E-state index >= 15 is 0 Å². The van der Waals surface area contributed by atoms with Gasteiger partial charge in [0.2, 0.25) is 0 Å². The lowest BCUT2D eigenvalue weighted by Crippen LogP contribution is -2.34. The number of alkyl carbamates (subject to hydrolysis) is 1. The van der Waals surface area contributed by atoms with Gasteiger partial charge in [0, 0.05) is 18.2 Å². The maximum Gasteiger partial charge on any atom is 0.407 e. The summed E-state index contributed by atoms with van der Waals surface area (Å²) in [5.41, 5.74) is 0.382. The number of amides is 1. The summed E-state index contributed by atoms with van der Waals surface area (Å²) in [7, 11) is 0. The molecule has 1 rings (SSSR count). The molecule has 17 heavy (non-hydrogen) atoms. The van der Waals surface area contributed by atoms with Crippen molar-refractivity contribution in [3.05, 3.63) is 35.3 Å². The van der Waals surface area contributed by atoms with Gasteiger partial charge in [0.05, 0.1) is 0 Å². The Balaban J connectivity index is 2.31. The van der Waals surface area contributed by atoms with Crippen LogP contribution in [-0.2, 0) is 11.2 Å². The van der Waals surface area contributed by atoms with Crippen molar-refractivity contribution in [1.82, 2.24) is 5.32 Å². The van der Waals surface area contributed by atoms with Gasteiger partial charge in [0.15, 0.2) is 12.4 Å². The highest BCUT2D eigenvalue weighted by atomic mass is 16.6. The highest BCUT2D eigenvalue weighted by molar-refractivity contribution is 5.67. The first-order valence-electron chi connectivity index (χ1n) is 5.51. The van der Waals surface area contributed by atoms with E-state index in [-0.39, 0.29) is 0 Å². The first kappa shape index (κ1) is 13.3. The van der Waals surface area contributed by atoms with Gasteiger partial charge in [0.25, 0.3) is 0 Å². The summed E-state index contributed by atoms with van der Waals surface area (Å²) < 4.78 is 5.82. The molecule has 0 spiro atoms. The van der Waals surface area contributed by atoms with E-state index < -0.39 is 11.7 Å². The third-order valence-electron chi connectivity index (χ3n) is 1.92. The van der Waals surface area contributed by atoms with Crippen molar-refractivity contribution in [3.8, 4) is 0 Å². The molecule has 1 aromatic rings. The minimum absolute atomic E-state index is 0.441. The Hall–Kier alpha value is -1.78. The van der Waals surface area contributed by atoms with E-state index in [9.17, 15) is 10.0 Å². The van der Waals surface area contributed by atoms with Crippen molar-refractivity contribution >= 4 is 6.09 Å². The lowest BCUT2D eigenvalue weighted by molar-refractivity contribution is -0.605. The fraction of sp³-hybridized carbons (Fsp3) is 0.500. The van der Waals surface area contributed by atoms with Crippen LogP contribution in [0, 0.1) is 5.21 Å². The van der Waals surface area contributed by atoms with E-state index in [0.29, 0.717) is 13.0 Å². The van der Waals surface area contributed by atoms with Crippen LogP contribution in [0.25, 0.3) is 0 Å². The van der Waals surface area contributed by atoms with Crippen molar-refractivity contribution < 1.29 is 14.3 Å². The maximum absolute atomic E-state index is 11.3. The number of aromatic nitrogens is 1. The predicted octanol–water partition coefficient (Wildman–Crippen LogP) is 1.39. The molecule has 1 heterocycles. The highest BCUT2D eigenvalue weighted by Crippen LogP contribution is 2.06. The predicted molar refractivity (Wildman–Crippen MR) is 63.3 cm³/mol. The van der Waals surface area contributed by atoms with Crippen LogP contribution < -0.4 is 10.0 Å². The lowest BCUT2D eigenvalue weighted by atomic mass is 10.2. The lowest BCUT2D eigenvalue weighted by Gasteiger charge is -2.19. The van der Waals surface area contributed by atoms with Gasteiger partial charge >= 0.3 is 6.09 Å². The van der Waals surface area contributed by atoms with Gasteiger partial charge in [-0.2, -0.15) is 4.73 Å². The molecule has 1 N–H and O–H groups in total. The standard InChI is InChI=1S/C12H18N2O3/c1-12(2,3)17-11(15)13-7-6-10-5-4-8-14(16)9-10/h4-5,8-9H,6-7H2,1-3H3,(H,13,15). The van der Waals surface area contributed by atoms with Gasteiger partial charge in [0.1, 0.15) is 5.60 Å². The van der Waals surface area contributed by atoms with Crippen LogP contribution in [-0.4, -0.2) is 18.2 Å². The molecule has 0 radical (unpaired) electrons. The van der Waals surface area contributed by atoms with Crippen LogP contribution in [0.2, 0.25) is 0 Å². The highest BCUT2D eigenvalue weighted by Gasteiger charge is 2.15. The first-order chi connectivity index (χ1) is 7.87. The van der Waals surface area contributed by atoms with Gasteiger partial charge in [-0.3, -0.25) is 0 Å².